The van der Waals surface area contributed by atoms with Gasteiger partial charge in [0.1, 0.15) is 0 Å². The van der Waals surface area contributed by atoms with Gasteiger partial charge in [0.05, 0.1) is 0 Å². The van der Waals surface area contributed by atoms with Crippen molar-refractivity contribution in [2.45, 2.75) is 13.8 Å². The quantitative estimate of drug-likeness (QED) is 0.654. The van der Waals surface area contributed by atoms with E-state index in [1.54, 1.807) is 12.3 Å². The molecule has 2 aromatic rings. The van der Waals surface area contributed by atoms with Gasteiger partial charge in [-0.1, -0.05) is 41.5 Å². The molecule has 0 aromatic heterocycles. The summed E-state index contributed by atoms with van der Waals surface area (Å²) in [7, 11) is 0. The van der Waals surface area contributed by atoms with Crippen molar-refractivity contribution in [3.8, 4) is 0 Å². The first-order valence-corrected chi connectivity index (χ1v) is 6.26. The van der Waals surface area contributed by atoms with E-state index in [2.05, 4.69) is 5.32 Å². The number of rotatable bonds is 4. The number of allylic oxidation sites excluding steroid dienone is 1. The molecule has 0 unspecified atom stereocenters. The monoisotopic (exact) mass is 251 g/mol. The van der Waals surface area contributed by atoms with Crippen LogP contribution in [0.4, 0.5) is 5.69 Å². The fraction of sp³-hybridized carbons (Fsp3) is 0.118. The summed E-state index contributed by atoms with van der Waals surface area (Å²) in [6, 6.07) is 15.6. The second-order valence-corrected chi connectivity index (χ2v) is 4.58. The highest BCUT2D eigenvalue weighted by molar-refractivity contribution is 6.04. The molecule has 0 aliphatic carbocycles. The minimum atomic E-state index is 0.00307. The number of carbonyl (C=O) groups is 1. The lowest BCUT2D eigenvalue weighted by Crippen LogP contribution is -1.96. The van der Waals surface area contributed by atoms with Crippen LogP contribution in [0.5, 0.6) is 0 Å². The van der Waals surface area contributed by atoms with Crippen LogP contribution >= 0.6 is 0 Å². The number of hydrogen-bond donors (Lipinski definition) is 1. The number of benzene rings is 2. The van der Waals surface area contributed by atoms with E-state index in [1.807, 2.05) is 62.4 Å². The standard InChI is InChI=1S/C17H17NO/c1-13-6-8-16(9-7-13)18-11-10-17(19)15-5-3-4-14(2)12-15/h3-12,18H,1-2H3/b11-10+. The SMILES string of the molecule is Cc1ccc(N/C=C/C(=O)c2cccc(C)c2)cc1. The summed E-state index contributed by atoms with van der Waals surface area (Å²) in [5.41, 5.74) is 3.98. The number of anilines is 1. The molecule has 96 valence electrons. The van der Waals surface area contributed by atoms with Crippen LogP contribution < -0.4 is 5.32 Å². The summed E-state index contributed by atoms with van der Waals surface area (Å²) in [4.78, 5) is 11.9. The third-order valence-electron chi connectivity index (χ3n) is 2.84. The van der Waals surface area contributed by atoms with Crippen LogP contribution in [0.1, 0.15) is 21.5 Å². The van der Waals surface area contributed by atoms with Crippen LogP contribution in [0, 0.1) is 13.8 Å². The third-order valence-corrected chi connectivity index (χ3v) is 2.84. The van der Waals surface area contributed by atoms with Crippen LogP contribution in [0.15, 0.2) is 60.8 Å². The molecule has 0 fully saturated rings. The van der Waals surface area contributed by atoms with Crippen LogP contribution in [0.2, 0.25) is 0 Å². The molecule has 0 saturated carbocycles. The van der Waals surface area contributed by atoms with Crippen molar-refractivity contribution < 1.29 is 4.79 Å². The van der Waals surface area contributed by atoms with Crippen LogP contribution in [0.3, 0.4) is 0 Å². The first-order valence-electron chi connectivity index (χ1n) is 6.26. The summed E-state index contributed by atoms with van der Waals surface area (Å²) in [6.07, 6.45) is 3.23. The Morgan fingerprint density at radius 3 is 2.42 bits per heavy atom. The fourth-order valence-electron chi connectivity index (χ4n) is 1.76. The molecule has 0 saturated heterocycles. The third kappa shape index (κ3) is 3.81. The molecule has 0 heterocycles. The van der Waals surface area contributed by atoms with E-state index in [4.69, 9.17) is 0 Å². The van der Waals surface area contributed by atoms with E-state index in [0.29, 0.717) is 5.56 Å². The number of nitrogens with one attached hydrogen (secondary N) is 1. The number of carbonyl (C=O) groups excluding carboxylic acids is 1. The zero-order valence-corrected chi connectivity index (χ0v) is 11.2. The van der Waals surface area contributed by atoms with E-state index < -0.39 is 0 Å². The number of hydrogen-bond acceptors (Lipinski definition) is 2. The molecule has 0 aliphatic rings. The molecular formula is C17H17NO. The molecule has 2 aromatic carbocycles. The van der Waals surface area contributed by atoms with Crippen molar-refractivity contribution in [1.82, 2.24) is 0 Å². The van der Waals surface area contributed by atoms with Crippen LogP contribution in [-0.2, 0) is 0 Å². The highest BCUT2D eigenvalue weighted by atomic mass is 16.1. The molecule has 0 spiro atoms. The Bertz CT molecular complexity index is 597. The highest BCUT2D eigenvalue weighted by Crippen LogP contribution is 2.09. The predicted molar refractivity (Wildman–Crippen MR) is 79.5 cm³/mol. The minimum Gasteiger partial charge on any atom is -0.362 e. The van der Waals surface area contributed by atoms with Gasteiger partial charge in [0.15, 0.2) is 5.78 Å². The number of ketones is 1. The largest absolute Gasteiger partial charge is 0.362 e. The molecule has 0 radical (unpaired) electrons. The first kappa shape index (κ1) is 13.1. The zero-order chi connectivity index (χ0) is 13.7. The molecular weight excluding hydrogens is 234 g/mol. The van der Waals surface area contributed by atoms with Gasteiger partial charge in [0.2, 0.25) is 0 Å². The van der Waals surface area contributed by atoms with E-state index >= 15 is 0 Å². The van der Waals surface area contributed by atoms with Gasteiger partial charge in [-0.05, 0) is 32.0 Å². The van der Waals surface area contributed by atoms with Gasteiger partial charge in [-0.3, -0.25) is 4.79 Å². The second kappa shape index (κ2) is 6.01. The van der Waals surface area contributed by atoms with Gasteiger partial charge in [-0.25, -0.2) is 0 Å². The van der Waals surface area contributed by atoms with E-state index in [-0.39, 0.29) is 5.78 Å². The Morgan fingerprint density at radius 2 is 1.74 bits per heavy atom. The average Bonchev–Trinajstić information content (AvgIpc) is 2.41. The van der Waals surface area contributed by atoms with E-state index in [1.165, 1.54) is 5.56 Å². The molecule has 0 bridgehead atoms. The lowest BCUT2D eigenvalue weighted by molar-refractivity contribution is 0.104. The summed E-state index contributed by atoms with van der Waals surface area (Å²) >= 11 is 0. The smallest absolute Gasteiger partial charge is 0.187 e. The maximum absolute atomic E-state index is 11.9. The highest BCUT2D eigenvalue weighted by Gasteiger charge is 2.00. The second-order valence-electron chi connectivity index (χ2n) is 4.58. The predicted octanol–water partition coefficient (Wildman–Crippen LogP) is 4.11. The lowest BCUT2D eigenvalue weighted by atomic mass is 10.1. The summed E-state index contributed by atoms with van der Waals surface area (Å²) in [5, 5.41) is 3.09. The van der Waals surface area contributed by atoms with Crippen molar-refractivity contribution in [2.75, 3.05) is 5.32 Å². The van der Waals surface area contributed by atoms with Gasteiger partial charge < -0.3 is 5.32 Å². The molecule has 2 heteroatoms. The lowest BCUT2D eigenvalue weighted by Gasteiger charge is -2.01. The Morgan fingerprint density at radius 1 is 1.00 bits per heavy atom. The summed E-state index contributed by atoms with van der Waals surface area (Å²) in [6.45, 7) is 4.02. The maximum Gasteiger partial charge on any atom is 0.187 e. The molecule has 1 N–H and O–H groups in total. The van der Waals surface area contributed by atoms with Crippen molar-refractivity contribution >= 4 is 11.5 Å². The fourth-order valence-corrected chi connectivity index (χ4v) is 1.76. The molecule has 2 nitrogen and oxygen atoms in total. The van der Waals surface area contributed by atoms with Gasteiger partial charge in [-0.15, -0.1) is 0 Å². The van der Waals surface area contributed by atoms with Crippen LogP contribution in [0.25, 0.3) is 0 Å². The zero-order valence-electron chi connectivity index (χ0n) is 11.2. The summed E-state index contributed by atoms with van der Waals surface area (Å²) < 4.78 is 0. The van der Waals surface area contributed by atoms with Crippen molar-refractivity contribution in [2.24, 2.45) is 0 Å². The topological polar surface area (TPSA) is 29.1 Å². The van der Waals surface area contributed by atoms with Crippen molar-refractivity contribution in [1.29, 1.82) is 0 Å². The Labute approximate surface area is 113 Å². The summed E-state index contributed by atoms with van der Waals surface area (Å²) in [5.74, 6) is 0.00307. The maximum atomic E-state index is 11.9. The van der Waals surface area contributed by atoms with Gasteiger partial charge in [0, 0.05) is 23.5 Å². The molecule has 0 atom stereocenters. The Hall–Kier alpha value is -2.35. The van der Waals surface area contributed by atoms with Crippen LogP contribution in [-0.4, -0.2) is 5.78 Å². The van der Waals surface area contributed by atoms with Crippen molar-refractivity contribution in [3.63, 3.8) is 0 Å². The Balaban J connectivity index is 1.99. The first-order chi connectivity index (χ1) is 9.15. The Kier molecular flexibility index (Phi) is 4.14. The van der Waals surface area contributed by atoms with Gasteiger partial charge in [0.25, 0.3) is 0 Å². The minimum absolute atomic E-state index is 0.00307. The van der Waals surface area contributed by atoms with Gasteiger partial charge in [-0.2, -0.15) is 0 Å². The van der Waals surface area contributed by atoms with E-state index in [9.17, 15) is 4.79 Å². The molecule has 0 amide bonds. The molecule has 0 aliphatic heterocycles. The average molecular weight is 251 g/mol. The van der Waals surface area contributed by atoms with E-state index in [0.717, 1.165) is 11.3 Å². The number of aryl methyl sites for hydroxylation is 2. The molecule has 2 rings (SSSR count). The normalized spacial score (nSPS) is 10.6. The van der Waals surface area contributed by atoms with Gasteiger partial charge >= 0.3 is 0 Å². The van der Waals surface area contributed by atoms with Crippen molar-refractivity contribution in [3.05, 3.63) is 77.5 Å². The molecule has 19 heavy (non-hydrogen) atoms.